The first-order valence-electron chi connectivity index (χ1n) is 23.8. The lowest BCUT2D eigenvalue weighted by molar-refractivity contribution is -0.0857. The van der Waals surface area contributed by atoms with E-state index in [0.29, 0.717) is 46.7 Å². The van der Waals surface area contributed by atoms with Crippen LogP contribution < -0.4 is 11.5 Å². The monoisotopic (exact) mass is 911 g/mol. The average Bonchev–Trinajstić information content (AvgIpc) is 4.16. The summed E-state index contributed by atoms with van der Waals surface area (Å²) in [5.74, 6) is -4.53. The van der Waals surface area contributed by atoms with Crippen LogP contribution in [-0.4, -0.2) is 98.2 Å². The van der Waals surface area contributed by atoms with Gasteiger partial charge in [0.2, 0.25) is 23.1 Å². The lowest BCUT2D eigenvalue weighted by Crippen LogP contribution is -2.40. The Labute approximate surface area is 396 Å². The maximum atomic E-state index is 12.8. The van der Waals surface area contributed by atoms with Gasteiger partial charge in [-0.1, -0.05) is 13.8 Å². The van der Waals surface area contributed by atoms with E-state index in [-0.39, 0.29) is 42.2 Å². The van der Waals surface area contributed by atoms with Gasteiger partial charge in [0.25, 0.3) is 5.79 Å². The first-order valence-corrected chi connectivity index (χ1v) is 23.8. The zero-order chi connectivity index (χ0) is 48.2. The molecule has 0 saturated heterocycles. The number of fused-ring (bicyclic) bond motifs is 9. The van der Waals surface area contributed by atoms with Crippen molar-refractivity contribution in [3.05, 3.63) is 100 Å². The molecule has 6 aliphatic carbocycles. The molecule has 6 N–H and O–H groups in total. The van der Waals surface area contributed by atoms with E-state index in [2.05, 4.69) is 55.4 Å². The summed E-state index contributed by atoms with van der Waals surface area (Å²) in [6.07, 6.45) is 10.2. The molecule has 6 unspecified atom stereocenters. The van der Waals surface area contributed by atoms with Crippen molar-refractivity contribution in [2.45, 2.75) is 190 Å². The Bertz CT molecular complexity index is 2640. The van der Waals surface area contributed by atoms with E-state index < -0.39 is 17.4 Å². The average molecular weight is 911 g/mol. The molecular weight excluding hydrogens is 841 g/mol. The number of Topliss-reactive ketones (excluding diaryl/α,β-unsaturated/α-hetero) is 4. The van der Waals surface area contributed by atoms with Crippen LogP contribution in [0.3, 0.4) is 0 Å². The smallest absolute Gasteiger partial charge is 0.295 e. The highest BCUT2D eigenvalue weighted by atomic mass is 16.5. The van der Waals surface area contributed by atoms with Crippen molar-refractivity contribution in [3.63, 3.8) is 0 Å². The number of nitrogens with zero attached hydrogens (tertiary/aromatic N) is 4. The van der Waals surface area contributed by atoms with E-state index in [0.717, 1.165) is 94.5 Å². The fourth-order valence-electron chi connectivity index (χ4n) is 11.4. The molecule has 67 heavy (non-hydrogen) atoms. The van der Waals surface area contributed by atoms with Crippen molar-refractivity contribution in [1.29, 1.82) is 0 Å². The van der Waals surface area contributed by atoms with Crippen LogP contribution in [0, 0.1) is 83.1 Å². The number of hydrogen-bond donors (Lipinski definition) is 4. The molecule has 3 aromatic carbocycles. The third-order valence-corrected chi connectivity index (χ3v) is 16.6. The lowest BCUT2D eigenvalue weighted by atomic mass is 9.90. The second kappa shape index (κ2) is 18.1. The summed E-state index contributed by atoms with van der Waals surface area (Å²) >= 11 is 0. The van der Waals surface area contributed by atoms with Crippen molar-refractivity contribution in [1.82, 2.24) is 0 Å². The van der Waals surface area contributed by atoms with Crippen LogP contribution in [0.2, 0.25) is 0 Å². The van der Waals surface area contributed by atoms with Crippen molar-refractivity contribution in [2.75, 3.05) is 0 Å². The van der Waals surface area contributed by atoms with Gasteiger partial charge in [0.15, 0.2) is 0 Å². The highest BCUT2D eigenvalue weighted by Crippen LogP contribution is 2.40. The number of aliphatic imine (C=N–C) groups is 4. The molecule has 2 heterocycles. The molecule has 3 saturated carbocycles. The molecule has 11 rings (SSSR count). The van der Waals surface area contributed by atoms with E-state index in [1.54, 1.807) is 13.8 Å². The molecular formula is C55H70N6O6. The number of rotatable bonds is 0. The topological polar surface area (TPSA) is 210 Å². The molecule has 8 aliphatic rings. The van der Waals surface area contributed by atoms with Gasteiger partial charge in [0.05, 0.1) is 35.6 Å². The molecule has 6 atom stereocenters. The normalized spacial score (nSPS) is 25.3. The minimum absolute atomic E-state index is 0. The molecule has 356 valence electrons. The summed E-state index contributed by atoms with van der Waals surface area (Å²) in [5, 5.41) is 19.1. The number of nitrogens with two attached hydrogens (primary N) is 2. The Morgan fingerprint density at radius 1 is 0.373 bits per heavy atom. The molecule has 0 aromatic heterocycles. The van der Waals surface area contributed by atoms with Gasteiger partial charge in [0, 0.05) is 45.5 Å². The molecule has 0 bridgehead atoms. The van der Waals surface area contributed by atoms with E-state index in [9.17, 15) is 29.4 Å². The van der Waals surface area contributed by atoms with Crippen molar-refractivity contribution in [3.8, 4) is 0 Å². The van der Waals surface area contributed by atoms with Crippen LogP contribution in [0.15, 0.2) is 20.0 Å². The molecule has 0 amide bonds. The molecule has 3 fully saturated rings. The third kappa shape index (κ3) is 7.76. The van der Waals surface area contributed by atoms with Gasteiger partial charge in [-0.05, 0) is 201 Å². The number of carbonyl (C=O) groups excluding carboxylic acids is 4. The SMILES string of the molecule is C.Cc1c(C)c(C)c2c(c1C)C(=O)C(O)(O)C2=O.Cc1c(C)c(C)c2c(c1C)C(=O)C1=NC3CCCC3N=C12.Cc1c(C)c(C)c2c(c1C)C(=O)C1=NC3CCCC3N=C12.NC1CCCC1N. The van der Waals surface area contributed by atoms with Gasteiger partial charge in [-0.3, -0.25) is 39.1 Å². The summed E-state index contributed by atoms with van der Waals surface area (Å²) in [7, 11) is 0. The maximum absolute atomic E-state index is 12.8. The van der Waals surface area contributed by atoms with Crippen molar-refractivity contribution < 1.29 is 29.4 Å². The molecule has 0 spiro atoms. The van der Waals surface area contributed by atoms with E-state index >= 15 is 0 Å². The Morgan fingerprint density at radius 2 is 0.612 bits per heavy atom. The molecule has 12 heteroatoms. The molecule has 2 aliphatic heterocycles. The first-order chi connectivity index (χ1) is 31.0. The van der Waals surface area contributed by atoms with Crippen LogP contribution in [-0.2, 0) is 0 Å². The number of ketones is 4. The second-order valence-corrected chi connectivity index (χ2v) is 20.0. The Morgan fingerprint density at radius 3 is 0.881 bits per heavy atom. The fourth-order valence-corrected chi connectivity index (χ4v) is 11.4. The van der Waals surface area contributed by atoms with Crippen LogP contribution in [0.25, 0.3) is 0 Å². The van der Waals surface area contributed by atoms with Crippen LogP contribution in [0.1, 0.15) is 185 Å². The summed E-state index contributed by atoms with van der Waals surface area (Å²) in [4.78, 5) is 68.8. The summed E-state index contributed by atoms with van der Waals surface area (Å²) in [5.41, 5.74) is 30.9. The summed E-state index contributed by atoms with van der Waals surface area (Å²) in [6, 6.07) is 1.65. The molecule has 12 nitrogen and oxygen atoms in total. The largest absolute Gasteiger partial charge is 0.353 e. The van der Waals surface area contributed by atoms with Crippen molar-refractivity contribution >= 4 is 46.0 Å². The van der Waals surface area contributed by atoms with Gasteiger partial charge in [-0.2, -0.15) is 0 Å². The summed E-state index contributed by atoms with van der Waals surface area (Å²) < 4.78 is 0. The van der Waals surface area contributed by atoms with Gasteiger partial charge in [-0.15, -0.1) is 0 Å². The number of aliphatic hydroxyl groups is 2. The van der Waals surface area contributed by atoms with Gasteiger partial charge in [0.1, 0.15) is 11.4 Å². The van der Waals surface area contributed by atoms with Crippen molar-refractivity contribution in [2.24, 2.45) is 31.4 Å². The van der Waals surface area contributed by atoms with Gasteiger partial charge >= 0.3 is 0 Å². The van der Waals surface area contributed by atoms with Crippen LogP contribution in [0.4, 0.5) is 0 Å². The predicted molar refractivity (Wildman–Crippen MR) is 268 cm³/mol. The van der Waals surface area contributed by atoms with E-state index in [4.69, 9.17) is 31.4 Å². The molecule has 3 aromatic rings. The predicted octanol–water partition coefficient (Wildman–Crippen LogP) is 8.00. The van der Waals surface area contributed by atoms with Gasteiger partial charge < -0.3 is 21.7 Å². The Hall–Kier alpha value is -5.14. The summed E-state index contributed by atoms with van der Waals surface area (Å²) in [6.45, 7) is 23.9. The fraction of sp³-hybridized carbons (Fsp3) is 0.527. The van der Waals surface area contributed by atoms with E-state index in [1.807, 2.05) is 13.8 Å². The highest BCUT2D eigenvalue weighted by Gasteiger charge is 2.53. The maximum Gasteiger partial charge on any atom is 0.295 e. The minimum atomic E-state index is -2.89. The van der Waals surface area contributed by atoms with Crippen LogP contribution >= 0.6 is 0 Å². The first kappa shape index (κ1) is 49.8. The molecule has 0 radical (unpaired) electrons. The quantitative estimate of drug-likeness (QED) is 0.128. The highest BCUT2D eigenvalue weighted by molar-refractivity contribution is 6.79. The number of carbonyl (C=O) groups is 4. The Balaban J connectivity index is 0.000000139. The minimum Gasteiger partial charge on any atom is -0.353 e. The lowest BCUT2D eigenvalue weighted by Gasteiger charge is -2.19. The Kier molecular flexibility index (Phi) is 13.4. The van der Waals surface area contributed by atoms with Gasteiger partial charge in [-0.25, -0.2) is 0 Å². The standard InChI is InChI=1S/2C18H20N2O.C13H14O4.C5H12N2.CH4/c2*1-8-9(2)11(4)15-14(10(8)3)16-17(18(15)21)20-13-7-5-6-12(13)19-16;1-5-6(2)8(4)10-9(7(5)3)11(14)13(16,17)12(10)15;6-4-2-1-3-5(4)7;/h2*12-13H,5-7H2,1-4H3;16-17H,1-4H3;4-5H,1-3,6-7H2;1H4. The van der Waals surface area contributed by atoms with Crippen LogP contribution in [0.5, 0.6) is 0 Å². The number of benzene rings is 3. The number of hydrogen-bond acceptors (Lipinski definition) is 12. The zero-order valence-corrected chi connectivity index (χ0v) is 40.8. The van der Waals surface area contributed by atoms with E-state index in [1.165, 1.54) is 52.6 Å². The second-order valence-electron chi connectivity index (χ2n) is 20.0. The zero-order valence-electron chi connectivity index (χ0n) is 40.8. The third-order valence-electron chi connectivity index (χ3n) is 16.6.